The molecule has 1 atom stereocenters. The molecule has 0 saturated carbocycles. The highest BCUT2D eigenvalue weighted by molar-refractivity contribution is 5.81. The van der Waals surface area contributed by atoms with Gasteiger partial charge in [-0.2, -0.15) is 0 Å². The molecule has 9 heteroatoms. The maximum absolute atomic E-state index is 11.7. The fraction of sp³-hybridized carbons (Fsp3) is 0.250. The van der Waals surface area contributed by atoms with Crippen LogP contribution in [0.15, 0.2) is 47.1 Å². The Morgan fingerprint density at radius 2 is 2.00 bits per heavy atom. The van der Waals surface area contributed by atoms with Crippen LogP contribution in [0.4, 0.5) is 5.69 Å². The van der Waals surface area contributed by atoms with E-state index in [0.29, 0.717) is 5.76 Å². The molecule has 1 aromatic carbocycles. The van der Waals surface area contributed by atoms with Crippen LogP contribution in [0, 0.1) is 10.1 Å². The van der Waals surface area contributed by atoms with Gasteiger partial charge < -0.3 is 19.2 Å². The van der Waals surface area contributed by atoms with Gasteiger partial charge in [0.25, 0.3) is 5.91 Å². The molecule has 1 amide bonds. The molecular weight excluding hydrogens is 332 g/mol. The van der Waals surface area contributed by atoms with Gasteiger partial charge in [0.05, 0.1) is 17.2 Å². The van der Waals surface area contributed by atoms with E-state index in [9.17, 15) is 19.7 Å². The molecule has 132 valence electrons. The Labute approximate surface area is 142 Å². The van der Waals surface area contributed by atoms with E-state index in [1.54, 1.807) is 19.1 Å². The van der Waals surface area contributed by atoms with Crippen LogP contribution in [-0.4, -0.2) is 30.0 Å². The summed E-state index contributed by atoms with van der Waals surface area (Å²) in [6, 6.07) is 8.66. The van der Waals surface area contributed by atoms with Gasteiger partial charge >= 0.3 is 11.7 Å². The maximum Gasteiger partial charge on any atom is 0.344 e. The molecule has 1 N–H and O–H groups in total. The lowest BCUT2D eigenvalue weighted by atomic mass is 10.2. The summed E-state index contributed by atoms with van der Waals surface area (Å²) in [5.74, 6) is -0.818. The lowest BCUT2D eigenvalue weighted by Gasteiger charge is -2.11. The molecule has 2 aromatic rings. The number of carbonyl (C=O) groups excluding carboxylic acids is 2. The maximum atomic E-state index is 11.7. The van der Waals surface area contributed by atoms with Crippen molar-refractivity contribution in [2.24, 2.45) is 0 Å². The zero-order valence-corrected chi connectivity index (χ0v) is 13.3. The first kappa shape index (κ1) is 18.0. The number of rotatable bonds is 8. The average molecular weight is 348 g/mol. The van der Waals surface area contributed by atoms with Gasteiger partial charge in [0.2, 0.25) is 0 Å². The van der Waals surface area contributed by atoms with Crippen molar-refractivity contribution in [2.45, 2.75) is 13.0 Å². The minimum atomic E-state index is -0.820. The number of nitrogens with one attached hydrogen (secondary N) is 1. The smallest absolute Gasteiger partial charge is 0.344 e. The van der Waals surface area contributed by atoms with Crippen LogP contribution in [0.2, 0.25) is 0 Å². The molecule has 0 aliphatic rings. The van der Waals surface area contributed by atoms with Crippen LogP contribution in [0.1, 0.15) is 18.7 Å². The second-order valence-corrected chi connectivity index (χ2v) is 4.98. The molecule has 1 aromatic heterocycles. The number of hydrogen-bond donors (Lipinski definition) is 1. The first-order valence-corrected chi connectivity index (χ1v) is 7.32. The van der Waals surface area contributed by atoms with E-state index >= 15 is 0 Å². The molecule has 0 saturated heterocycles. The number of nitro benzene ring substituents is 1. The Bertz CT molecular complexity index is 743. The molecular formula is C16H16N2O7. The Balaban J connectivity index is 1.75. The number of furan rings is 1. The zero-order valence-electron chi connectivity index (χ0n) is 13.3. The molecule has 0 aliphatic carbocycles. The molecule has 0 unspecified atom stereocenters. The van der Waals surface area contributed by atoms with Gasteiger partial charge in [-0.1, -0.05) is 12.1 Å². The molecule has 0 aliphatic heterocycles. The van der Waals surface area contributed by atoms with Crippen molar-refractivity contribution in [3.8, 4) is 5.75 Å². The minimum absolute atomic E-state index is 0.0552. The highest BCUT2D eigenvalue weighted by Gasteiger charge is 2.17. The van der Waals surface area contributed by atoms with Gasteiger partial charge in [-0.15, -0.1) is 0 Å². The van der Waals surface area contributed by atoms with E-state index in [2.05, 4.69) is 5.32 Å². The summed E-state index contributed by atoms with van der Waals surface area (Å²) < 4.78 is 15.0. The lowest BCUT2D eigenvalue weighted by Crippen LogP contribution is -2.31. The predicted molar refractivity (Wildman–Crippen MR) is 84.8 cm³/mol. The molecule has 0 bridgehead atoms. The van der Waals surface area contributed by atoms with Crippen LogP contribution < -0.4 is 10.1 Å². The fourth-order valence-corrected chi connectivity index (χ4v) is 1.95. The summed E-state index contributed by atoms with van der Waals surface area (Å²) in [5, 5.41) is 13.4. The lowest BCUT2D eigenvalue weighted by molar-refractivity contribution is -0.385. The van der Waals surface area contributed by atoms with Crippen molar-refractivity contribution < 1.29 is 28.4 Å². The third kappa shape index (κ3) is 5.34. The van der Waals surface area contributed by atoms with Crippen molar-refractivity contribution in [2.75, 3.05) is 13.2 Å². The van der Waals surface area contributed by atoms with Gasteiger partial charge in [-0.05, 0) is 25.1 Å². The molecule has 0 radical (unpaired) electrons. The van der Waals surface area contributed by atoms with Crippen molar-refractivity contribution in [3.63, 3.8) is 0 Å². The molecule has 2 rings (SSSR count). The van der Waals surface area contributed by atoms with E-state index in [0.717, 1.165) is 0 Å². The van der Waals surface area contributed by atoms with Gasteiger partial charge in [-0.25, -0.2) is 4.79 Å². The Kier molecular flexibility index (Phi) is 6.10. The van der Waals surface area contributed by atoms with Crippen molar-refractivity contribution in [3.05, 3.63) is 58.5 Å². The Hall–Kier alpha value is -3.36. The van der Waals surface area contributed by atoms with E-state index < -0.39 is 30.0 Å². The van der Waals surface area contributed by atoms with E-state index in [4.69, 9.17) is 13.9 Å². The number of esters is 1. The topological polar surface area (TPSA) is 121 Å². The number of para-hydroxylation sites is 2. The number of nitro groups is 1. The summed E-state index contributed by atoms with van der Waals surface area (Å²) in [4.78, 5) is 33.5. The number of hydrogen-bond acceptors (Lipinski definition) is 7. The van der Waals surface area contributed by atoms with Gasteiger partial charge in [0, 0.05) is 6.07 Å². The van der Waals surface area contributed by atoms with E-state index in [-0.39, 0.29) is 17.5 Å². The largest absolute Gasteiger partial charge is 0.475 e. The molecule has 1 heterocycles. The summed E-state index contributed by atoms with van der Waals surface area (Å²) in [6.07, 6.45) is 1.48. The second-order valence-electron chi connectivity index (χ2n) is 4.98. The van der Waals surface area contributed by atoms with Crippen molar-refractivity contribution >= 4 is 17.6 Å². The monoisotopic (exact) mass is 348 g/mol. The van der Waals surface area contributed by atoms with E-state index in [1.165, 1.54) is 30.5 Å². The van der Waals surface area contributed by atoms with Gasteiger partial charge in [0.15, 0.2) is 19.0 Å². The highest BCUT2D eigenvalue weighted by atomic mass is 16.6. The minimum Gasteiger partial charge on any atom is -0.475 e. The second kappa shape index (κ2) is 8.48. The Morgan fingerprint density at radius 1 is 1.24 bits per heavy atom. The number of ether oxygens (including phenoxy) is 2. The predicted octanol–water partition coefficient (Wildman–Crippen LogP) is 1.99. The summed E-state index contributed by atoms with van der Waals surface area (Å²) in [7, 11) is 0. The summed E-state index contributed by atoms with van der Waals surface area (Å²) >= 11 is 0. The summed E-state index contributed by atoms with van der Waals surface area (Å²) in [5.41, 5.74) is -0.264. The van der Waals surface area contributed by atoms with E-state index in [1.807, 2.05) is 0 Å². The van der Waals surface area contributed by atoms with Crippen molar-refractivity contribution in [1.29, 1.82) is 0 Å². The number of nitrogens with zero attached hydrogens (tertiary/aromatic N) is 1. The molecule has 0 spiro atoms. The SMILES string of the molecule is C[C@H](NC(=O)COC(=O)COc1ccccc1[N+](=O)[O-])c1ccco1. The number of amides is 1. The van der Waals surface area contributed by atoms with Crippen LogP contribution in [0.5, 0.6) is 5.75 Å². The van der Waals surface area contributed by atoms with Crippen LogP contribution in [-0.2, 0) is 14.3 Å². The third-order valence-electron chi connectivity index (χ3n) is 3.12. The van der Waals surface area contributed by atoms with Gasteiger partial charge in [0.1, 0.15) is 5.76 Å². The fourth-order valence-electron chi connectivity index (χ4n) is 1.95. The zero-order chi connectivity index (χ0) is 18.2. The first-order chi connectivity index (χ1) is 12.0. The quantitative estimate of drug-likeness (QED) is 0.440. The van der Waals surface area contributed by atoms with Crippen LogP contribution in [0.25, 0.3) is 0 Å². The first-order valence-electron chi connectivity index (χ1n) is 7.32. The number of carbonyl (C=O) groups is 2. The molecule has 0 fully saturated rings. The van der Waals surface area contributed by atoms with Crippen LogP contribution in [0.3, 0.4) is 0 Å². The molecule has 9 nitrogen and oxygen atoms in total. The van der Waals surface area contributed by atoms with Crippen LogP contribution >= 0.6 is 0 Å². The normalized spacial score (nSPS) is 11.4. The molecule has 25 heavy (non-hydrogen) atoms. The summed E-state index contributed by atoms with van der Waals surface area (Å²) in [6.45, 7) is 0.673. The van der Waals surface area contributed by atoms with Crippen molar-refractivity contribution in [1.82, 2.24) is 5.32 Å². The average Bonchev–Trinajstić information content (AvgIpc) is 3.13. The van der Waals surface area contributed by atoms with Gasteiger partial charge in [-0.3, -0.25) is 14.9 Å². The third-order valence-corrected chi connectivity index (χ3v) is 3.12. The Morgan fingerprint density at radius 3 is 2.68 bits per heavy atom. The standard InChI is InChI=1S/C16H16N2O7/c1-11(13-7-4-8-23-13)17-15(19)9-25-16(20)10-24-14-6-3-2-5-12(14)18(21)22/h2-8,11H,9-10H2,1H3,(H,17,19)/t11-/m0/s1. The highest BCUT2D eigenvalue weighted by Crippen LogP contribution is 2.25. The number of benzene rings is 1.